The molecular formula is C72H44N10. The van der Waals surface area contributed by atoms with Gasteiger partial charge in [-0.15, -0.1) is 0 Å². The van der Waals surface area contributed by atoms with Gasteiger partial charge in [-0.1, -0.05) is 146 Å². The third-order valence-electron chi connectivity index (χ3n) is 16.1. The van der Waals surface area contributed by atoms with E-state index in [1.807, 2.05) is 85.2 Å². The molecule has 10 heteroatoms. The second-order valence-corrected chi connectivity index (χ2v) is 20.8. The lowest BCUT2D eigenvalue weighted by Crippen LogP contribution is -1.97. The molecule has 0 aliphatic heterocycles. The Morgan fingerprint density at radius 1 is 0.293 bits per heavy atom. The molecular weight excluding hydrogens is 1000 g/mol. The predicted molar refractivity (Wildman–Crippen MR) is 331 cm³/mol. The number of nitrogens with zero attached hydrogens (tertiary/aromatic N) is 10. The van der Waals surface area contributed by atoms with Gasteiger partial charge >= 0.3 is 0 Å². The number of aromatic nitrogens is 10. The smallest absolute Gasteiger partial charge is 0.147 e. The van der Waals surface area contributed by atoms with E-state index in [1.54, 1.807) is 0 Å². The lowest BCUT2D eigenvalue weighted by Gasteiger charge is -2.17. The average molecular weight is 1050 g/mol. The van der Waals surface area contributed by atoms with Gasteiger partial charge in [0, 0.05) is 57.8 Å². The van der Waals surface area contributed by atoms with Gasteiger partial charge in [0.15, 0.2) is 0 Å². The predicted octanol–water partition coefficient (Wildman–Crippen LogP) is 17.0. The van der Waals surface area contributed by atoms with Crippen molar-refractivity contribution in [2.45, 2.75) is 0 Å². The number of hydrogen-bond donors (Lipinski definition) is 0. The summed E-state index contributed by atoms with van der Waals surface area (Å²) in [6, 6.07) is 85.5. The molecule has 0 unspecified atom stereocenters. The van der Waals surface area contributed by atoms with Gasteiger partial charge in [-0.25, -0.2) is 19.9 Å². The minimum Gasteiger partial charge on any atom is -0.299 e. The van der Waals surface area contributed by atoms with Crippen molar-refractivity contribution < 1.29 is 0 Å². The number of hydrogen-bond acceptors (Lipinski definition) is 6. The zero-order valence-corrected chi connectivity index (χ0v) is 43.9. The first kappa shape index (κ1) is 45.6. The fraction of sp³-hybridized carbons (Fsp3) is 0. The molecule has 7 aromatic carbocycles. The molecule has 0 N–H and O–H groups in total. The van der Waals surface area contributed by atoms with E-state index >= 15 is 0 Å². The first-order valence-electron chi connectivity index (χ1n) is 27.4. The molecule has 0 radical (unpaired) electrons. The maximum absolute atomic E-state index is 5.67. The molecule has 0 saturated heterocycles. The molecule has 17 rings (SSSR count). The second-order valence-electron chi connectivity index (χ2n) is 20.8. The first-order valence-corrected chi connectivity index (χ1v) is 27.4. The van der Waals surface area contributed by atoms with Crippen molar-refractivity contribution in [1.29, 1.82) is 0 Å². The van der Waals surface area contributed by atoms with Gasteiger partial charge in [0.05, 0.1) is 55.9 Å². The molecule has 0 spiro atoms. The van der Waals surface area contributed by atoms with E-state index in [9.17, 15) is 0 Å². The van der Waals surface area contributed by atoms with Crippen LogP contribution in [-0.2, 0) is 0 Å². The van der Waals surface area contributed by atoms with Crippen LogP contribution in [0.1, 0.15) is 0 Å². The molecule has 0 bridgehead atoms. The summed E-state index contributed by atoms with van der Waals surface area (Å²) >= 11 is 0. The Bertz CT molecular complexity index is 5390. The van der Waals surface area contributed by atoms with Crippen molar-refractivity contribution in [2.75, 3.05) is 0 Å². The summed E-state index contributed by atoms with van der Waals surface area (Å²) in [5.41, 5.74) is 25.6. The molecule has 0 fully saturated rings. The highest BCUT2D eigenvalue weighted by Crippen LogP contribution is 2.45. The number of imidazole rings is 4. The quantitative estimate of drug-likeness (QED) is 0.150. The van der Waals surface area contributed by atoms with Gasteiger partial charge in [-0.05, 0) is 130 Å². The number of rotatable bonds is 8. The fourth-order valence-corrected chi connectivity index (χ4v) is 12.5. The van der Waals surface area contributed by atoms with E-state index in [0.717, 1.165) is 156 Å². The molecule has 82 heavy (non-hydrogen) atoms. The molecule has 10 aromatic heterocycles. The van der Waals surface area contributed by atoms with Crippen LogP contribution in [0.2, 0.25) is 0 Å². The number of pyridine rings is 6. The van der Waals surface area contributed by atoms with E-state index in [1.165, 1.54) is 0 Å². The van der Waals surface area contributed by atoms with E-state index in [-0.39, 0.29) is 0 Å². The summed E-state index contributed by atoms with van der Waals surface area (Å²) in [5.74, 6) is 0. The maximum Gasteiger partial charge on any atom is 0.147 e. The summed E-state index contributed by atoms with van der Waals surface area (Å²) in [4.78, 5) is 30.6. The van der Waals surface area contributed by atoms with Gasteiger partial charge in [-0.3, -0.25) is 27.6 Å². The summed E-state index contributed by atoms with van der Waals surface area (Å²) in [6.07, 6.45) is 7.79. The zero-order valence-electron chi connectivity index (χ0n) is 43.9. The SMILES string of the molecule is c1ccc(-c2c(-c3ccc(-c4c(-c5ccccn5)nc5ccccn45)cc3)c3nc4cc(-c5ccc6c(-c7cccc(-c8c(-c9ccccn9)nc9ccccn89)c7)cc7nc8ccccc8n7c6c5)ccc4n3c3ccccc23)cc1. The van der Waals surface area contributed by atoms with Crippen LogP contribution in [0, 0.1) is 0 Å². The van der Waals surface area contributed by atoms with Crippen molar-refractivity contribution in [3.05, 3.63) is 267 Å². The van der Waals surface area contributed by atoms with E-state index < -0.39 is 0 Å². The van der Waals surface area contributed by atoms with Crippen molar-refractivity contribution in [3.63, 3.8) is 0 Å². The second kappa shape index (κ2) is 18.1. The van der Waals surface area contributed by atoms with Gasteiger partial charge < -0.3 is 0 Å². The van der Waals surface area contributed by atoms with Crippen LogP contribution < -0.4 is 0 Å². The van der Waals surface area contributed by atoms with Crippen LogP contribution in [0.15, 0.2) is 267 Å². The molecule has 10 heterocycles. The largest absolute Gasteiger partial charge is 0.299 e. The number of para-hydroxylation sites is 3. The molecule has 17 aromatic rings. The summed E-state index contributed by atoms with van der Waals surface area (Å²) in [7, 11) is 0. The summed E-state index contributed by atoms with van der Waals surface area (Å²) in [6.45, 7) is 0. The first-order chi connectivity index (χ1) is 40.7. The topological polar surface area (TPSA) is 95.0 Å². The Morgan fingerprint density at radius 2 is 0.878 bits per heavy atom. The standard InChI is InChI=1S/C72H44N10/c1-2-17-45(18-3-1)66-53-21-4-6-25-59(53)82-61-36-34-48(42-58(61)76-72(82)67(66)46-29-31-47(32-30-46)70-68(56-23-8-12-37-73-56)77-63-27-10-14-39-79(63)70)49-33-35-52-54(44-65-75-55-22-5-7-26-60(55)81(65)62(52)43-49)50-19-16-20-51(41-50)71-69(57-24-9-13-38-74-57)78-64-28-11-15-40-80(64)71/h1-44H. The summed E-state index contributed by atoms with van der Waals surface area (Å²) in [5, 5.41) is 2.25. The van der Waals surface area contributed by atoms with Crippen molar-refractivity contribution in [3.8, 4) is 89.8 Å². The monoisotopic (exact) mass is 1050 g/mol. The Labute approximate surface area is 468 Å². The van der Waals surface area contributed by atoms with Crippen LogP contribution in [0.25, 0.3) is 156 Å². The highest BCUT2D eigenvalue weighted by Gasteiger charge is 2.24. The highest BCUT2D eigenvalue weighted by atomic mass is 15.0. The van der Waals surface area contributed by atoms with Crippen LogP contribution in [0.3, 0.4) is 0 Å². The molecule has 0 atom stereocenters. The molecule has 0 saturated carbocycles. The van der Waals surface area contributed by atoms with Crippen molar-refractivity contribution in [1.82, 2.24) is 47.5 Å². The van der Waals surface area contributed by atoms with Crippen molar-refractivity contribution >= 4 is 66.5 Å². The molecule has 0 aliphatic rings. The fourth-order valence-electron chi connectivity index (χ4n) is 12.5. The van der Waals surface area contributed by atoms with Crippen LogP contribution in [0.4, 0.5) is 0 Å². The third kappa shape index (κ3) is 7.08. The lowest BCUT2D eigenvalue weighted by atomic mass is 9.91. The van der Waals surface area contributed by atoms with Gasteiger partial charge in [0.25, 0.3) is 0 Å². The number of fused-ring (bicyclic) bond motifs is 12. The van der Waals surface area contributed by atoms with E-state index in [4.69, 9.17) is 29.9 Å². The Morgan fingerprint density at radius 3 is 1.62 bits per heavy atom. The Hall–Kier alpha value is -11.4. The minimum atomic E-state index is 0.824. The Kier molecular flexibility index (Phi) is 10.1. The van der Waals surface area contributed by atoms with Crippen LogP contribution in [-0.4, -0.2) is 47.5 Å². The summed E-state index contributed by atoms with van der Waals surface area (Å²) < 4.78 is 8.96. The molecule has 382 valence electrons. The van der Waals surface area contributed by atoms with E-state index in [2.05, 4.69) is 200 Å². The molecule has 10 nitrogen and oxygen atoms in total. The average Bonchev–Trinajstić information content (AvgIpc) is 3.50. The lowest BCUT2D eigenvalue weighted by molar-refractivity contribution is 1.19. The Balaban J connectivity index is 0.841. The van der Waals surface area contributed by atoms with Crippen LogP contribution in [0.5, 0.6) is 0 Å². The highest BCUT2D eigenvalue weighted by molar-refractivity contribution is 6.11. The van der Waals surface area contributed by atoms with Gasteiger partial charge in [0.1, 0.15) is 34.0 Å². The van der Waals surface area contributed by atoms with Gasteiger partial charge in [0.2, 0.25) is 0 Å². The van der Waals surface area contributed by atoms with E-state index in [0.29, 0.717) is 0 Å². The zero-order chi connectivity index (χ0) is 53.8. The van der Waals surface area contributed by atoms with Crippen LogP contribution >= 0.6 is 0 Å². The third-order valence-corrected chi connectivity index (χ3v) is 16.1. The number of benzene rings is 7. The normalized spacial score (nSPS) is 11.9. The maximum atomic E-state index is 5.67. The molecule has 0 amide bonds. The minimum absolute atomic E-state index is 0.824. The van der Waals surface area contributed by atoms with Gasteiger partial charge in [-0.2, -0.15) is 0 Å². The molecule has 0 aliphatic carbocycles. The van der Waals surface area contributed by atoms with Crippen molar-refractivity contribution in [2.24, 2.45) is 0 Å².